The molecule has 0 aromatic heterocycles. The highest BCUT2D eigenvalue weighted by Gasteiger charge is 2.56. The van der Waals surface area contributed by atoms with Gasteiger partial charge in [-0.15, -0.1) is 0 Å². The van der Waals surface area contributed by atoms with Crippen LogP contribution in [0.4, 0.5) is 5.69 Å². The highest BCUT2D eigenvalue weighted by molar-refractivity contribution is 6.45. The van der Waals surface area contributed by atoms with Gasteiger partial charge < -0.3 is 4.84 Å². The number of oxime groups is 1. The van der Waals surface area contributed by atoms with Crippen LogP contribution in [0.15, 0.2) is 47.6 Å². The van der Waals surface area contributed by atoms with Crippen LogP contribution < -0.4 is 4.90 Å². The number of anilines is 1. The first kappa shape index (κ1) is 16.4. The minimum atomic E-state index is -1.01. The van der Waals surface area contributed by atoms with Gasteiger partial charge in [0.05, 0.1) is 15.7 Å². The smallest absolute Gasteiger partial charge is 0.279 e. The topological polar surface area (TPSA) is 59.0 Å². The van der Waals surface area contributed by atoms with Crippen molar-refractivity contribution in [2.24, 2.45) is 11.1 Å². The van der Waals surface area contributed by atoms with Crippen LogP contribution in [-0.2, 0) is 14.4 Å². The molecule has 126 valence electrons. The minimum absolute atomic E-state index is 0.135. The maximum atomic E-state index is 12.9. The third kappa shape index (κ3) is 2.51. The second kappa shape index (κ2) is 6.02. The van der Waals surface area contributed by atoms with Gasteiger partial charge in [-0.05, 0) is 24.3 Å². The predicted molar refractivity (Wildman–Crippen MR) is 95.3 cm³/mol. The van der Waals surface area contributed by atoms with Gasteiger partial charge in [0.1, 0.15) is 11.6 Å². The molecule has 4 rings (SSSR count). The van der Waals surface area contributed by atoms with E-state index in [-0.39, 0.29) is 15.7 Å². The Kier molecular flexibility index (Phi) is 3.95. The lowest BCUT2D eigenvalue weighted by Gasteiger charge is -2.17. The van der Waals surface area contributed by atoms with Crippen molar-refractivity contribution < 1.29 is 14.4 Å². The highest BCUT2D eigenvalue weighted by atomic mass is 35.5. The predicted octanol–water partition coefficient (Wildman–Crippen LogP) is 3.94. The van der Waals surface area contributed by atoms with E-state index in [4.69, 9.17) is 39.6 Å². The Bertz CT molecular complexity index is 927. The molecule has 0 aliphatic carbocycles. The summed E-state index contributed by atoms with van der Waals surface area (Å²) in [6, 6.07) is 11.6. The number of hydrogen-bond donors (Lipinski definition) is 0. The van der Waals surface area contributed by atoms with Gasteiger partial charge in [-0.1, -0.05) is 58.2 Å². The fourth-order valence-electron chi connectivity index (χ4n) is 2.94. The zero-order valence-corrected chi connectivity index (χ0v) is 14.7. The summed E-state index contributed by atoms with van der Waals surface area (Å²) in [5, 5.41) is 4.88. The third-order valence-corrected chi connectivity index (χ3v) is 5.19. The second-order valence-electron chi connectivity index (χ2n) is 5.57. The molecular weight excluding hydrogens is 387 g/mol. The number of carbonyl (C=O) groups is 2. The van der Waals surface area contributed by atoms with Crippen molar-refractivity contribution in [2.75, 3.05) is 4.90 Å². The normalized spacial score (nSPS) is 22.0. The van der Waals surface area contributed by atoms with Crippen molar-refractivity contribution in [3.63, 3.8) is 0 Å². The molecule has 2 aliphatic rings. The Labute approximate surface area is 157 Å². The maximum absolute atomic E-state index is 12.9. The van der Waals surface area contributed by atoms with Crippen LogP contribution in [0.5, 0.6) is 0 Å². The molecule has 2 aromatic rings. The fraction of sp³-hybridized carbons (Fsp3) is 0.118. The highest BCUT2D eigenvalue weighted by Crippen LogP contribution is 2.39. The van der Waals surface area contributed by atoms with Crippen molar-refractivity contribution in [1.29, 1.82) is 0 Å². The van der Waals surface area contributed by atoms with E-state index in [2.05, 4.69) is 5.16 Å². The molecule has 5 nitrogen and oxygen atoms in total. The van der Waals surface area contributed by atoms with Gasteiger partial charge in [-0.25, -0.2) is 4.90 Å². The number of amides is 2. The maximum Gasteiger partial charge on any atom is 0.279 e. The summed E-state index contributed by atoms with van der Waals surface area (Å²) in [5.74, 6) is -1.80. The lowest BCUT2D eigenvalue weighted by Crippen LogP contribution is -2.33. The summed E-state index contributed by atoms with van der Waals surface area (Å²) in [6.07, 6.45) is -1.01. The van der Waals surface area contributed by atoms with Crippen LogP contribution in [0.2, 0.25) is 15.1 Å². The van der Waals surface area contributed by atoms with Crippen LogP contribution >= 0.6 is 34.8 Å². The first-order valence-electron chi connectivity index (χ1n) is 7.30. The van der Waals surface area contributed by atoms with Gasteiger partial charge in [0.15, 0.2) is 0 Å². The van der Waals surface area contributed by atoms with Crippen molar-refractivity contribution in [2.45, 2.75) is 6.10 Å². The molecule has 2 heterocycles. The quantitative estimate of drug-likeness (QED) is 0.724. The number of imide groups is 1. The molecule has 2 aliphatic heterocycles. The lowest BCUT2D eigenvalue weighted by atomic mass is 9.94. The average Bonchev–Trinajstić information content (AvgIpc) is 3.13. The van der Waals surface area contributed by atoms with Crippen LogP contribution in [0.25, 0.3) is 0 Å². The van der Waals surface area contributed by atoms with E-state index in [0.717, 1.165) is 4.90 Å². The summed E-state index contributed by atoms with van der Waals surface area (Å²) < 4.78 is 0. The van der Waals surface area contributed by atoms with E-state index in [1.807, 2.05) is 0 Å². The van der Waals surface area contributed by atoms with Crippen LogP contribution in [-0.4, -0.2) is 23.6 Å². The molecule has 0 N–H and O–H groups in total. The number of halogens is 3. The van der Waals surface area contributed by atoms with Gasteiger partial charge in [0, 0.05) is 10.6 Å². The number of hydrogen-bond acceptors (Lipinski definition) is 4. The molecule has 1 fully saturated rings. The molecule has 0 bridgehead atoms. The molecule has 25 heavy (non-hydrogen) atoms. The molecule has 1 saturated heterocycles. The molecule has 0 saturated carbocycles. The fourth-order valence-corrected chi connectivity index (χ4v) is 3.45. The zero-order chi connectivity index (χ0) is 17.7. The Morgan fingerprint density at radius 3 is 2.40 bits per heavy atom. The number of fused-ring (bicyclic) bond motifs is 1. The molecule has 0 spiro atoms. The Morgan fingerprint density at radius 1 is 0.960 bits per heavy atom. The van der Waals surface area contributed by atoms with Crippen LogP contribution in [0, 0.1) is 5.92 Å². The Hall–Kier alpha value is -2.08. The van der Waals surface area contributed by atoms with Crippen molar-refractivity contribution in [1.82, 2.24) is 0 Å². The standard InChI is InChI=1S/C17H9Cl3N2O3/c18-9-6-4-8(5-7-9)14-12-15(25-21-14)17(24)22(16(12)23)11-3-1-2-10(19)13(11)20/h1-7,12,15H. The number of nitrogens with zero attached hydrogens (tertiary/aromatic N) is 2. The van der Waals surface area contributed by atoms with E-state index in [1.165, 1.54) is 0 Å². The summed E-state index contributed by atoms with van der Waals surface area (Å²) in [4.78, 5) is 31.9. The molecule has 2 amide bonds. The summed E-state index contributed by atoms with van der Waals surface area (Å²) in [5.41, 5.74) is 1.29. The van der Waals surface area contributed by atoms with Crippen molar-refractivity contribution in [3.05, 3.63) is 63.1 Å². The molecule has 2 aromatic carbocycles. The number of benzene rings is 2. The zero-order valence-electron chi connectivity index (χ0n) is 12.4. The first-order valence-corrected chi connectivity index (χ1v) is 8.44. The SMILES string of the molecule is O=C1C2ON=C(c3ccc(Cl)cc3)C2C(=O)N1c1cccc(Cl)c1Cl. The van der Waals surface area contributed by atoms with Gasteiger partial charge >= 0.3 is 0 Å². The summed E-state index contributed by atoms with van der Waals surface area (Å²) in [6.45, 7) is 0. The van der Waals surface area contributed by atoms with E-state index < -0.39 is 23.8 Å². The average molecular weight is 396 g/mol. The Balaban J connectivity index is 1.73. The molecule has 8 heteroatoms. The first-order chi connectivity index (χ1) is 12.0. The minimum Gasteiger partial charge on any atom is -0.381 e. The number of carbonyl (C=O) groups excluding carboxylic acids is 2. The lowest BCUT2D eigenvalue weighted by molar-refractivity contribution is -0.126. The van der Waals surface area contributed by atoms with E-state index in [1.54, 1.807) is 42.5 Å². The molecular formula is C17H9Cl3N2O3. The Morgan fingerprint density at radius 2 is 1.68 bits per heavy atom. The van der Waals surface area contributed by atoms with E-state index in [9.17, 15) is 9.59 Å². The van der Waals surface area contributed by atoms with Crippen molar-refractivity contribution >= 4 is 58.0 Å². The monoisotopic (exact) mass is 394 g/mol. The molecule has 2 unspecified atom stereocenters. The molecule has 0 radical (unpaired) electrons. The van der Waals surface area contributed by atoms with Gasteiger partial charge in [-0.2, -0.15) is 0 Å². The largest absolute Gasteiger partial charge is 0.381 e. The van der Waals surface area contributed by atoms with E-state index in [0.29, 0.717) is 16.3 Å². The number of rotatable bonds is 2. The summed E-state index contributed by atoms with van der Waals surface area (Å²) in [7, 11) is 0. The van der Waals surface area contributed by atoms with Crippen molar-refractivity contribution in [3.8, 4) is 0 Å². The summed E-state index contributed by atoms with van der Waals surface area (Å²) >= 11 is 18.1. The molecule has 2 atom stereocenters. The van der Waals surface area contributed by atoms with Crippen LogP contribution in [0.3, 0.4) is 0 Å². The van der Waals surface area contributed by atoms with Gasteiger partial charge in [-0.3, -0.25) is 9.59 Å². The van der Waals surface area contributed by atoms with E-state index >= 15 is 0 Å². The van der Waals surface area contributed by atoms with Crippen LogP contribution in [0.1, 0.15) is 5.56 Å². The van der Waals surface area contributed by atoms with Gasteiger partial charge in [0.25, 0.3) is 5.91 Å². The third-order valence-electron chi connectivity index (χ3n) is 4.12. The second-order valence-corrected chi connectivity index (χ2v) is 6.79. The van der Waals surface area contributed by atoms with Gasteiger partial charge in [0.2, 0.25) is 12.0 Å².